The molecular formula is C27H23ClN8O3. The summed E-state index contributed by atoms with van der Waals surface area (Å²) in [6.07, 6.45) is 1.53. The second-order valence-electron chi connectivity index (χ2n) is 9.48. The van der Waals surface area contributed by atoms with Crippen LogP contribution in [-0.4, -0.2) is 47.9 Å². The maximum absolute atomic E-state index is 13.3. The number of hydrogen-bond acceptors (Lipinski definition) is 6. The number of carbonyl (C=O) groups is 2. The number of aryl methyl sites for hydroxylation is 2. The van der Waals surface area contributed by atoms with Crippen molar-refractivity contribution in [1.29, 1.82) is 0 Å². The Morgan fingerprint density at radius 3 is 2.62 bits per heavy atom. The van der Waals surface area contributed by atoms with Gasteiger partial charge in [-0.05, 0) is 55.8 Å². The molecule has 1 aliphatic rings. The van der Waals surface area contributed by atoms with Crippen LogP contribution in [0.15, 0.2) is 65.6 Å². The number of anilines is 2. The molecule has 2 N–H and O–H groups in total. The topological polar surface area (TPSA) is 131 Å². The Hall–Kier alpha value is -4.77. The number of carbonyl (C=O) groups excluding carboxylic acids is 2. The van der Waals surface area contributed by atoms with Crippen molar-refractivity contribution >= 4 is 46.0 Å². The van der Waals surface area contributed by atoms with Gasteiger partial charge in [0.1, 0.15) is 11.2 Å². The van der Waals surface area contributed by atoms with Crippen LogP contribution < -0.4 is 15.8 Å². The number of aromatic amines is 1. The second-order valence-corrected chi connectivity index (χ2v) is 9.91. The van der Waals surface area contributed by atoms with Crippen LogP contribution in [0.3, 0.4) is 0 Å². The van der Waals surface area contributed by atoms with E-state index in [4.69, 9.17) is 11.6 Å². The number of halogens is 1. The zero-order valence-corrected chi connectivity index (χ0v) is 21.8. The van der Waals surface area contributed by atoms with E-state index < -0.39 is 11.5 Å². The van der Waals surface area contributed by atoms with Crippen molar-refractivity contribution in [2.45, 2.75) is 20.3 Å². The number of amides is 2. The molecule has 5 aromatic rings. The molecule has 1 atom stereocenters. The third-order valence-corrected chi connectivity index (χ3v) is 6.84. The summed E-state index contributed by atoms with van der Waals surface area (Å²) in [6.45, 7) is 3.98. The molecule has 12 heteroatoms. The highest BCUT2D eigenvalue weighted by Gasteiger charge is 2.35. The van der Waals surface area contributed by atoms with Gasteiger partial charge >= 0.3 is 0 Å². The maximum Gasteiger partial charge on any atom is 0.263 e. The first-order valence-electron chi connectivity index (χ1n) is 12.3. The number of H-pyrrole nitrogens is 1. The van der Waals surface area contributed by atoms with E-state index in [0.717, 1.165) is 11.3 Å². The standard InChI is InChI=1S/C27H23ClN8O3/c1-15-4-3-5-20(10-15)34-14-17(12-23(34)37)25(38)30-22-11-16(2)33-36(22)27-31-24-21(26(39)32-27)13-29-35(24)19-8-6-18(28)7-9-19/h3-11,13,17H,12,14H2,1-2H3,(H,30,38)(H,31,32,39). The molecule has 0 saturated carbocycles. The van der Waals surface area contributed by atoms with Gasteiger partial charge in [-0.25, -0.2) is 4.68 Å². The third kappa shape index (κ3) is 4.57. The Kier molecular flexibility index (Phi) is 5.99. The number of benzene rings is 2. The maximum atomic E-state index is 13.3. The van der Waals surface area contributed by atoms with Crippen molar-refractivity contribution in [3.8, 4) is 11.6 Å². The van der Waals surface area contributed by atoms with E-state index in [-0.39, 0.29) is 30.7 Å². The Morgan fingerprint density at radius 2 is 1.85 bits per heavy atom. The molecule has 1 aliphatic heterocycles. The predicted octanol–water partition coefficient (Wildman–Crippen LogP) is 3.56. The summed E-state index contributed by atoms with van der Waals surface area (Å²) in [4.78, 5) is 47.8. The number of aromatic nitrogens is 6. The van der Waals surface area contributed by atoms with Crippen molar-refractivity contribution in [2.24, 2.45) is 5.92 Å². The van der Waals surface area contributed by atoms with Crippen molar-refractivity contribution in [3.63, 3.8) is 0 Å². The minimum Gasteiger partial charge on any atom is -0.312 e. The van der Waals surface area contributed by atoms with Crippen molar-refractivity contribution in [1.82, 2.24) is 29.5 Å². The molecule has 4 heterocycles. The van der Waals surface area contributed by atoms with Crippen LogP contribution in [0.4, 0.5) is 11.5 Å². The lowest BCUT2D eigenvalue weighted by molar-refractivity contribution is -0.122. The molecule has 0 spiro atoms. The van der Waals surface area contributed by atoms with E-state index in [9.17, 15) is 14.4 Å². The van der Waals surface area contributed by atoms with E-state index in [1.807, 2.05) is 31.2 Å². The lowest BCUT2D eigenvalue weighted by Crippen LogP contribution is -2.29. The van der Waals surface area contributed by atoms with Crippen LogP contribution in [0.5, 0.6) is 0 Å². The monoisotopic (exact) mass is 542 g/mol. The largest absolute Gasteiger partial charge is 0.312 e. The second kappa shape index (κ2) is 9.52. The average Bonchev–Trinajstić information content (AvgIpc) is 3.61. The van der Waals surface area contributed by atoms with Gasteiger partial charge in [0.05, 0.1) is 23.5 Å². The fourth-order valence-corrected chi connectivity index (χ4v) is 4.81. The highest BCUT2D eigenvalue weighted by atomic mass is 35.5. The Bertz CT molecular complexity index is 1800. The Morgan fingerprint density at radius 1 is 1.05 bits per heavy atom. The lowest BCUT2D eigenvalue weighted by atomic mass is 10.1. The van der Waals surface area contributed by atoms with Crippen molar-refractivity contribution in [2.75, 3.05) is 16.8 Å². The van der Waals surface area contributed by atoms with Crippen LogP contribution in [0.2, 0.25) is 5.02 Å². The number of nitrogens with zero attached hydrogens (tertiary/aromatic N) is 6. The van der Waals surface area contributed by atoms with Gasteiger partial charge in [-0.2, -0.15) is 19.9 Å². The predicted molar refractivity (Wildman–Crippen MR) is 147 cm³/mol. The molecule has 11 nitrogen and oxygen atoms in total. The summed E-state index contributed by atoms with van der Waals surface area (Å²) in [7, 11) is 0. The molecule has 1 saturated heterocycles. The average molecular weight is 543 g/mol. The van der Waals surface area contributed by atoms with Crippen LogP contribution in [0.25, 0.3) is 22.7 Å². The lowest BCUT2D eigenvalue weighted by Gasteiger charge is -2.17. The highest BCUT2D eigenvalue weighted by molar-refractivity contribution is 6.30. The summed E-state index contributed by atoms with van der Waals surface area (Å²) in [5.74, 6) is -0.566. The van der Waals surface area contributed by atoms with Crippen LogP contribution in [0, 0.1) is 19.8 Å². The summed E-state index contributed by atoms with van der Waals surface area (Å²) < 4.78 is 2.89. The smallest absolute Gasteiger partial charge is 0.263 e. The van der Waals surface area contributed by atoms with E-state index in [1.54, 1.807) is 42.2 Å². The normalized spacial score (nSPS) is 15.3. The number of hydrogen-bond donors (Lipinski definition) is 2. The van der Waals surface area contributed by atoms with E-state index in [2.05, 4.69) is 25.5 Å². The van der Waals surface area contributed by atoms with Crippen molar-refractivity contribution < 1.29 is 9.59 Å². The first kappa shape index (κ1) is 24.6. The molecule has 2 aromatic carbocycles. The minimum atomic E-state index is -0.553. The van der Waals surface area contributed by atoms with Crippen LogP contribution in [0.1, 0.15) is 17.7 Å². The van der Waals surface area contributed by atoms with Crippen LogP contribution in [-0.2, 0) is 9.59 Å². The molecule has 2 amide bonds. The van der Waals surface area contributed by atoms with E-state index in [0.29, 0.717) is 33.3 Å². The molecular weight excluding hydrogens is 520 g/mol. The molecule has 196 valence electrons. The van der Waals surface area contributed by atoms with Crippen molar-refractivity contribution in [3.05, 3.63) is 87.4 Å². The summed E-state index contributed by atoms with van der Waals surface area (Å²) in [6, 6.07) is 16.3. The number of nitrogens with one attached hydrogen (secondary N) is 2. The molecule has 39 heavy (non-hydrogen) atoms. The third-order valence-electron chi connectivity index (χ3n) is 6.59. The van der Waals surface area contributed by atoms with Crippen LogP contribution >= 0.6 is 11.6 Å². The summed E-state index contributed by atoms with van der Waals surface area (Å²) >= 11 is 6.02. The minimum absolute atomic E-state index is 0.0915. The molecule has 0 radical (unpaired) electrons. The van der Waals surface area contributed by atoms with E-state index >= 15 is 0 Å². The van der Waals surface area contributed by atoms with E-state index in [1.165, 1.54) is 15.6 Å². The van der Waals surface area contributed by atoms with Gasteiger partial charge in [-0.15, -0.1) is 0 Å². The summed E-state index contributed by atoms with van der Waals surface area (Å²) in [5, 5.41) is 12.5. The van der Waals surface area contributed by atoms with Gasteiger partial charge in [0.25, 0.3) is 5.56 Å². The Labute approximate surface area is 227 Å². The van der Waals surface area contributed by atoms with Gasteiger partial charge < -0.3 is 10.2 Å². The van der Waals surface area contributed by atoms with Gasteiger partial charge in [-0.3, -0.25) is 19.4 Å². The zero-order chi connectivity index (χ0) is 27.3. The molecule has 0 aliphatic carbocycles. The fourth-order valence-electron chi connectivity index (χ4n) is 4.69. The van der Waals surface area contributed by atoms with Gasteiger partial charge in [0, 0.05) is 29.7 Å². The fraction of sp³-hybridized carbons (Fsp3) is 0.185. The number of fused-ring (bicyclic) bond motifs is 1. The Balaban J connectivity index is 1.30. The molecule has 3 aromatic heterocycles. The SMILES string of the molecule is Cc1cccc(N2CC(C(=O)Nc3cc(C)nn3-c3nc4c(cnn4-c4ccc(Cl)cc4)c(=O)[nH]3)CC2=O)c1. The first-order valence-corrected chi connectivity index (χ1v) is 12.6. The quantitative estimate of drug-likeness (QED) is 0.349. The van der Waals surface area contributed by atoms with Gasteiger partial charge in [-0.1, -0.05) is 23.7 Å². The first-order chi connectivity index (χ1) is 18.8. The molecule has 6 rings (SSSR count). The summed E-state index contributed by atoms with van der Waals surface area (Å²) in [5.41, 5.74) is 2.98. The molecule has 1 unspecified atom stereocenters. The highest BCUT2D eigenvalue weighted by Crippen LogP contribution is 2.27. The van der Waals surface area contributed by atoms with Gasteiger partial charge in [0.15, 0.2) is 5.65 Å². The molecule has 1 fully saturated rings. The molecule has 0 bridgehead atoms. The number of rotatable bonds is 5. The van der Waals surface area contributed by atoms with Gasteiger partial charge in [0.2, 0.25) is 17.8 Å². The zero-order valence-electron chi connectivity index (χ0n) is 21.1.